The van der Waals surface area contributed by atoms with Crippen molar-refractivity contribution >= 4 is 7.69 Å². The van der Waals surface area contributed by atoms with Crippen molar-refractivity contribution in [3.8, 4) is 34.5 Å². The van der Waals surface area contributed by atoms with Crippen LogP contribution in [0.5, 0.6) is 34.5 Å². The summed E-state index contributed by atoms with van der Waals surface area (Å²) in [4.78, 5) is 0. The number of hydrogen-bond donors (Lipinski definition) is 0. The molecule has 0 unspecified atom stereocenters. The van der Waals surface area contributed by atoms with Gasteiger partial charge in [-0.2, -0.15) is 0 Å². The zero-order valence-electron chi connectivity index (χ0n) is 19.7. The van der Waals surface area contributed by atoms with Gasteiger partial charge in [0, 0.05) is 12.1 Å². The van der Waals surface area contributed by atoms with Crippen LogP contribution in [-0.4, -0.2) is 21.9 Å². The van der Waals surface area contributed by atoms with Crippen LogP contribution in [-0.2, 0) is 13.2 Å². The lowest BCUT2D eigenvalue weighted by atomic mass is 10.2. The Bertz CT molecular complexity index is 1100. The minimum atomic E-state index is 0.441. The fourth-order valence-electron chi connectivity index (χ4n) is 3.19. The first kappa shape index (κ1) is 23.9. The van der Waals surface area contributed by atoms with Crippen molar-refractivity contribution in [3.05, 3.63) is 108 Å². The Kier molecular flexibility index (Phi) is 8.38. The second-order valence-electron chi connectivity index (χ2n) is 7.56. The van der Waals surface area contributed by atoms with Crippen LogP contribution < -0.4 is 28.3 Å². The highest BCUT2D eigenvalue weighted by Crippen LogP contribution is 2.23. The molecule has 4 rings (SSSR count). The molecule has 6 nitrogen and oxygen atoms in total. The summed E-state index contributed by atoms with van der Waals surface area (Å²) in [6.07, 6.45) is 0. The first-order valence-electron chi connectivity index (χ1n) is 11.1. The molecule has 4 aromatic rings. The monoisotopic (exact) mass is 469 g/mol. The second-order valence-corrected chi connectivity index (χ2v) is 7.56. The predicted molar refractivity (Wildman–Crippen MR) is 135 cm³/mol. The Morgan fingerprint density at radius 1 is 0.486 bits per heavy atom. The van der Waals surface area contributed by atoms with E-state index in [9.17, 15) is 0 Å². The van der Waals surface area contributed by atoms with E-state index in [0.29, 0.717) is 36.2 Å². The van der Waals surface area contributed by atoms with Crippen molar-refractivity contribution < 1.29 is 28.3 Å². The maximum absolute atomic E-state index is 5.86. The van der Waals surface area contributed by atoms with Gasteiger partial charge in [-0.25, -0.2) is 0 Å². The molecular formula is C28H26BO6. The Morgan fingerprint density at radius 3 is 1.29 bits per heavy atom. The Morgan fingerprint density at radius 2 is 0.886 bits per heavy atom. The Hall–Kier alpha value is -4.26. The molecule has 0 aliphatic heterocycles. The second kappa shape index (κ2) is 12.3. The molecule has 0 saturated heterocycles. The van der Waals surface area contributed by atoms with E-state index in [2.05, 4.69) is 0 Å². The predicted octanol–water partition coefficient (Wildman–Crippen LogP) is 5.85. The highest BCUT2D eigenvalue weighted by molar-refractivity contribution is 6.20. The van der Waals surface area contributed by atoms with Gasteiger partial charge in [-0.05, 0) is 59.7 Å². The molecule has 0 aliphatic rings. The van der Waals surface area contributed by atoms with Crippen LogP contribution in [0.1, 0.15) is 11.1 Å². The van der Waals surface area contributed by atoms with E-state index in [1.807, 2.05) is 84.9 Å². The average Bonchev–Trinajstić information content (AvgIpc) is 2.92. The SMILES string of the molecule is COc1ccc(COc2cccc(O[B]Oc3cccc(OCc4ccc(OC)cc4)c3)c2)cc1. The van der Waals surface area contributed by atoms with E-state index >= 15 is 0 Å². The van der Waals surface area contributed by atoms with E-state index in [0.717, 1.165) is 22.6 Å². The quantitative estimate of drug-likeness (QED) is 0.243. The maximum atomic E-state index is 5.86. The van der Waals surface area contributed by atoms with Gasteiger partial charge in [-0.15, -0.1) is 0 Å². The molecule has 1 radical (unpaired) electrons. The number of rotatable bonds is 12. The van der Waals surface area contributed by atoms with Gasteiger partial charge >= 0.3 is 7.69 Å². The van der Waals surface area contributed by atoms with Gasteiger partial charge in [0.15, 0.2) is 0 Å². The summed E-state index contributed by atoms with van der Waals surface area (Å²) < 4.78 is 33.3. The van der Waals surface area contributed by atoms with Crippen molar-refractivity contribution in [2.45, 2.75) is 13.2 Å². The molecular weight excluding hydrogens is 443 g/mol. The van der Waals surface area contributed by atoms with Crippen molar-refractivity contribution in [2.24, 2.45) is 0 Å². The lowest BCUT2D eigenvalue weighted by molar-refractivity contribution is 0.304. The molecule has 0 N–H and O–H groups in total. The lowest BCUT2D eigenvalue weighted by Gasteiger charge is -2.11. The molecule has 7 heteroatoms. The summed E-state index contributed by atoms with van der Waals surface area (Å²) in [6, 6.07) is 30.2. The number of methoxy groups -OCH3 is 2. The first-order valence-corrected chi connectivity index (χ1v) is 11.1. The minimum absolute atomic E-state index is 0.441. The van der Waals surface area contributed by atoms with Gasteiger partial charge in [0.1, 0.15) is 47.7 Å². The Balaban J connectivity index is 1.24. The summed E-state index contributed by atoms with van der Waals surface area (Å²) in [5.41, 5.74) is 2.09. The van der Waals surface area contributed by atoms with Crippen LogP contribution in [0.25, 0.3) is 0 Å². The van der Waals surface area contributed by atoms with Crippen LogP contribution in [0.2, 0.25) is 0 Å². The number of ether oxygens (including phenoxy) is 4. The topological polar surface area (TPSA) is 55.4 Å². The van der Waals surface area contributed by atoms with Gasteiger partial charge in [0.25, 0.3) is 0 Å². The molecule has 0 saturated carbocycles. The van der Waals surface area contributed by atoms with Gasteiger partial charge in [-0.1, -0.05) is 36.4 Å². The average molecular weight is 469 g/mol. The third kappa shape index (κ3) is 7.37. The van der Waals surface area contributed by atoms with Crippen LogP contribution in [0.15, 0.2) is 97.1 Å². The molecule has 0 atom stereocenters. The minimum Gasteiger partial charge on any atom is -0.526 e. The van der Waals surface area contributed by atoms with E-state index in [1.165, 1.54) is 7.69 Å². The molecule has 0 spiro atoms. The Labute approximate surface area is 206 Å². The summed E-state index contributed by atoms with van der Waals surface area (Å²) >= 11 is 0. The summed E-state index contributed by atoms with van der Waals surface area (Å²) in [6.45, 7) is 0.883. The fraction of sp³-hybridized carbons (Fsp3) is 0.143. The van der Waals surface area contributed by atoms with Crippen LogP contribution in [0, 0.1) is 0 Å². The molecule has 0 aromatic heterocycles. The zero-order chi connectivity index (χ0) is 24.3. The molecule has 35 heavy (non-hydrogen) atoms. The van der Waals surface area contributed by atoms with E-state index in [4.69, 9.17) is 28.3 Å². The van der Waals surface area contributed by atoms with Gasteiger partial charge in [-0.3, -0.25) is 0 Å². The zero-order valence-corrected chi connectivity index (χ0v) is 19.7. The van der Waals surface area contributed by atoms with Crippen molar-refractivity contribution in [3.63, 3.8) is 0 Å². The van der Waals surface area contributed by atoms with E-state index < -0.39 is 0 Å². The van der Waals surface area contributed by atoms with Crippen LogP contribution in [0.3, 0.4) is 0 Å². The van der Waals surface area contributed by atoms with Crippen molar-refractivity contribution in [2.75, 3.05) is 14.2 Å². The molecule has 4 aromatic carbocycles. The lowest BCUT2D eigenvalue weighted by Crippen LogP contribution is -2.11. The van der Waals surface area contributed by atoms with Gasteiger partial charge in [0.2, 0.25) is 0 Å². The highest BCUT2D eigenvalue weighted by Gasteiger charge is 2.06. The summed E-state index contributed by atoms with van der Waals surface area (Å²) in [5, 5.41) is 0. The molecule has 0 bridgehead atoms. The fourth-order valence-corrected chi connectivity index (χ4v) is 3.19. The van der Waals surface area contributed by atoms with Gasteiger partial charge in [0.05, 0.1) is 14.2 Å². The summed E-state index contributed by atoms with van der Waals surface area (Å²) in [5.74, 6) is 4.22. The largest absolute Gasteiger partial charge is 0.658 e. The molecule has 0 aliphatic carbocycles. The van der Waals surface area contributed by atoms with Crippen LogP contribution >= 0.6 is 0 Å². The maximum Gasteiger partial charge on any atom is 0.658 e. The molecule has 0 fully saturated rings. The first-order chi connectivity index (χ1) is 17.2. The molecule has 177 valence electrons. The highest BCUT2D eigenvalue weighted by atomic mass is 16.6. The third-order valence-electron chi connectivity index (χ3n) is 5.11. The standard InChI is InChI=1S/C28H26BO6/c1-30-23-13-9-21(10-14-23)19-32-25-5-3-7-27(17-25)34-29-35-28-8-4-6-26(18-28)33-20-22-11-15-24(31-2)16-12-22/h3-18H,19-20H2,1-2H3. The van der Waals surface area contributed by atoms with Crippen LogP contribution in [0.4, 0.5) is 0 Å². The van der Waals surface area contributed by atoms with Gasteiger partial charge < -0.3 is 28.3 Å². The van der Waals surface area contributed by atoms with Crippen molar-refractivity contribution in [1.82, 2.24) is 0 Å². The smallest absolute Gasteiger partial charge is 0.526 e. The third-order valence-corrected chi connectivity index (χ3v) is 5.11. The van der Waals surface area contributed by atoms with Crippen molar-refractivity contribution in [1.29, 1.82) is 0 Å². The number of benzene rings is 4. The normalized spacial score (nSPS) is 10.2. The number of hydrogen-bond acceptors (Lipinski definition) is 6. The molecule has 0 amide bonds. The van der Waals surface area contributed by atoms with E-state index in [1.54, 1.807) is 26.4 Å². The van der Waals surface area contributed by atoms with E-state index in [-0.39, 0.29) is 0 Å². The summed E-state index contributed by atoms with van der Waals surface area (Å²) in [7, 11) is 4.57. The molecule has 0 heterocycles.